The lowest BCUT2D eigenvalue weighted by Crippen LogP contribution is -2.20. The van der Waals surface area contributed by atoms with E-state index in [2.05, 4.69) is 37.2 Å². The maximum Gasteiger partial charge on any atom is 0.259 e. The molecule has 0 saturated heterocycles. The molecule has 0 saturated carbocycles. The zero-order valence-electron chi connectivity index (χ0n) is 9.04. The number of amides is 2. The third-order valence-electron chi connectivity index (χ3n) is 3.08. The summed E-state index contributed by atoms with van der Waals surface area (Å²) in [6.45, 7) is 0. The lowest BCUT2D eigenvalue weighted by atomic mass is 10.0. The number of carbonyl (C=O) groups is 2. The summed E-state index contributed by atoms with van der Waals surface area (Å²) in [6.07, 6.45) is 0. The van der Waals surface area contributed by atoms with E-state index in [0.717, 1.165) is 27.7 Å². The highest BCUT2D eigenvalue weighted by atomic mass is 79.9. The molecule has 3 aromatic rings. The van der Waals surface area contributed by atoms with Gasteiger partial charge in [0.1, 0.15) is 0 Å². The van der Waals surface area contributed by atoms with Crippen LogP contribution in [0.1, 0.15) is 20.7 Å². The molecular weight excluding hydrogens is 414 g/mol. The number of imide groups is 1. The maximum absolute atomic E-state index is 12.0. The molecule has 0 unspecified atom stereocenters. The third-order valence-corrected chi connectivity index (χ3v) is 6.52. The molecule has 0 radical (unpaired) electrons. The Morgan fingerprint density at radius 1 is 0.842 bits per heavy atom. The summed E-state index contributed by atoms with van der Waals surface area (Å²) in [5.74, 6) is -0.612. The van der Waals surface area contributed by atoms with E-state index in [-0.39, 0.29) is 11.8 Å². The number of hydrogen-bond donors (Lipinski definition) is 1. The fourth-order valence-electron chi connectivity index (χ4n) is 2.40. The third kappa shape index (κ3) is 1.53. The predicted octanol–water partition coefficient (Wildman–Crippen LogP) is 4.52. The van der Waals surface area contributed by atoms with Crippen LogP contribution in [0.15, 0.2) is 19.7 Å². The van der Waals surface area contributed by atoms with Crippen LogP contribution in [-0.2, 0) is 0 Å². The first kappa shape index (κ1) is 12.0. The topological polar surface area (TPSA) is 46.2 Å². The quantitative estimate of drug-likeness (QED) is 0.547. The van der Waals surface area contributed by atoms with Crippen LogP contribution in [-0.4, -0.2) is 11.8 Å². The first-order valence-corrected chi connectivity index (χ1v) is 8.48. The molecule has 2 amide bonds. The van der Waals surface area contributed by atoms with Crippen molar-refractivity contribution in [1.82, 2.24) is 5.32 Å². The van der Waals surface area contributed by atoms with Crippen molar-refractivity contribution in [2.45, 2.75) is 0 Å². The Labute approximate surface area is 131 Å². The average molecular weight is 417 g/mol. The van der Waals surface area contributed by atoms with Gasteiger partial charge in [0.05, 0.1) is 28.1 Å². The highest BCUT2D eigenvalue weighted by molar-refractivity contribution is 9.11. The number of rotatable bonds is 0. The second-order valence-corrected chi connectivity index (χ2v) is 8.98. The molecule has 94 valence electrons. The summed E-state index contributed by atoms with van der Waals surface area (Å²) < 4.78 is 3.99. The van der Waals surface area contributed by atoms with E-state index in [0.29, 0.717) is 11.1 Å². The normalized spacial score (nSPS) is 14.4. The molecule has 1 aliphatic rings. The molecule has 2 aromatic heterocycles. The first-order valence-electron chi connectivity index (χ1n) is 5.26. The summed E-state index contributed by atoms with van der Waals surface area (Å²) in [5, 5.41) is 4.07. The molecule has 3 heterocycles. The first-order chi connectivity index (χ1) is 9.06. The number of carbonyl (C=O) groups excluding carboxylic acids is 2. The fourth-order valence-corrected chi connectivity index (χ4v) is 5.77. The van der Waals surface area contributed by atoms with Crippen LogP contribution in [0.4, 0.5) is 0 Å². The average Bonchev–Trinajstić information content (AvgIpc) is 2.94. The number of fused-ring (bicyclic) bond motifs is 6. The van der Waals surface area contributed by atoms with Crippen molar-refractivity contribution in [3.8, 4) is 0 Å². The van der Waals surface area contributed by atoms with E-state index in [4.69, 9.17) is 0 Å². The van der Waals surface area contributed by atoms with Gasteiger partial charge < -0.3 is 0 Å². The molecule has 0 atom stereocenters. The zero-order valence-corrected chi connectivity index (χ0v) is 13.8. The summed E-state index contributed by atoms with van der Waals surface area (Å²) in [4.78, 5) is 24.0. The van der Waals surface area contributed by atoms with Crippen molar-refractivity contribution >= 4 is 86.5 Å². The standard InChI is InChI=1S/C12H3Br2NO2S2/c13-5-1-3-7-8(12(17)15-11(7)16)4-2-6(14)19-10(4)9(3)18-5/h1-2H,(H,15,16,17). The molecule has 4 rings (SSSR count). The molecule has 1 aliphatic heterocycles. The van der Waals surface area contributed by atoms with Crippen molar-refractivity contribution in [2.24, 2.45) is 0 Å². The Kier molecular flexibility index (Phi) is 2.45. The van der Waals surface area contributed by atoms with Crippen LogP contribution >= 0.6 is 54.5 Å². The maximum atomic E-state index is 12.0. The molecular formula is C12H3Br2NO2S2. The van der Waals surface area contributed by atoms with Gasteiger partial charge in [0.15, 0.2) is 0 Å². The van der Waals surface area contributed by atoms with E-state index in [1.54, 1.807) is 22.7 Å². The molecule has 3 nitrogen and oxygen atoms in total. The minimum absolute atomic E-state index is 0.306. The summed E-state index contributed by atoms with van der Waals surface area (Å²) in [5.41, 5.74) is 1.000. The lowest BCUT2D eigenvalue weighted by Gasteiger charge is -2.00. The van der Waals surface area contributed by atoms with E-state index in [1.807, 2.05) is 12.1 Å². The van der Waals surface area contributed by atoms with Gasteiger partial charge in [-0.25, -0.2) is 0 Å². The van der Waals surface area contributed by atoms with Crippen LogP contribution in [0.5, 0.6) is 0 Å². The number of hydrogen-bond acceptors (Lipinski definition) is 4. The van der Waals surface area contributed by atoms with Crippen molar-refractivity contribution in [2.75, 3.05) is 0 Å². The monoisotopic (exact) mass is 415 g/mol. The Balaban J connectivity index is 2.37. The van der Waals surface area contributed by atoms with Crippen LogP contribution in [0.2, 0.25) is 0 Å². The highest BCUT2D eigenvalue weighted by Crippen LogP contribution is 2.45. The van der Waals surface area contributed by atoms with Crippen molar-refractivity contribution in [3.63, 3.8) is 0 Å². The van der Waals surface area contributed by atoms with E-state index < -0.39 is 0 Å². The molecule has 0 bridgehead atoms. The minimum atomic E-state index is -0.306. The van der Waals surface area contributed by atoms with Crippen LogP contribution in [0.25, 0.3) is 20.2 Å². The minimum Gasteiger partial charge on any atom is -0.288 e. The van der Waals surface area contributed by atoms with Crippen LogP contribution < -0.4 is 5.32 Å². The van der Waals surface area contributed by atoms with Crippen molar-refractivity contribution in [1.29, 1.82) is 0 Å². The smallest absolute Gasteiger partial charge is 0.259 e. The van der Waals surface area contributed by atoms with Crippen LogP contribution in [0.3, 0.4) is 0 Å². The summed E-state index contributed by atoms with van der Waals surface area (Å²) in [7, 11) is 0. The fraction of sp³-hybridized carbons (Fsp3) is 0. The van der Waals surface area contributed by atoms with Gasteiger partial charge in [-0.1, -0.05) is 0 Å². The Hall–Kier alpha value is -0.760. The summed E-state index contributed by atoms with van der Waals surface area (Å²) in [6, 6.07) is 3.81. The van der Waals surface area contributed by atoms with E-state index in [9.17, 15) is 9.59 Å². The van der Waals surface area contributed by atoms with Gasteiger partial charge >= 0.3 is 0 Å². The molecule has 0 spiro atoms. The van der Waals surface area contributed by atoms with Gasteiger partial charge in [0, 0.05) is 10.8 Å². The van der Waals surface area contributed by atoms with Gasteiger partial charge in [-0.2, -0.15) is 0 Å². The molecule has 1 aromatic carbocycles. The van der Waals surface area contributed by atoms with Crippen molar-refractivity contribution < 1.29 is 9.59 Å². The van der Waals surface area contributed by atoms with E-state index >= 15 is 0 Å². The lowest BCUT2D eigenvalue weighted by molar-refractivity contribution is 0.0880. The number of halogens is 2. The summed E-state index contributed by atoms with van der Waals surface area (Å²) >= 11 is 10.1. The van der Waals surface area contributed by atoms with Gasteiger partial charge in [0.25, 0.3) is 11.8 Å². The SMILES string of the molecule is O=C1NC(=O)c2c1c1cc(Br)sc1c1sc(Br)cc21. The van der Waals surface area contributed by atoms with Gasteiger partial charge in [0.2, 0.25) is 0 Å². The molecule has 1 N–H and O–H groups in total. The van der Waals surface area contributed by atoms with Crippen LogP contribution in [0, 0.1) is 0 Å². The molecule has 0 fully saturated rings. The Bertz CT molecular complexity index is 836. The van der Waals surface area contributed by atoms with Gasteiger partial charge in [-0.15, -0.1) is 22.7 Å². The van der Waals surface area contributed by atoms with Gasteiger partial charge in [-0.05, 0) is 44.0 Å². The van der Waals surface area contributed by atoms with Gasteiger partial charge in [-0.3, -0.25) is 14.9 Å². The predicted molar refractivity (Wildman–Crippen MR) is 84.4 cm³/mol. The Morgan fingerprint density at radius 3 is 1.68 bits per heavy atom. The van der Waals surface area contributed by atoms with Crippen molar-refractivity contribution in [3.05, 3.63) is 30.8 Å². The zero-order chi connectivity index (χ0) is 13.3. The number of thiophene rings is 2. The number of nitrogens with one attached hydrogen (secondary N) is 1. The molecule has 0 aliphatic carbocycles. The largest absolute Gasteiger partial charge is 0.288 e. The second kappa shape index (κ2) is 3.88. The highest BCUT2D eigenvalue weighted by Gasteiger charge is 2.33. The second-order valence-electron chi connectivity index (χ2n) is 4.12. The molecule has 7 heteroatoms. The van der Waals surface area contributed by atoms with E-state index in [1.165, 1.54) is 0 Å². The molecule has 19 heavy (non-hydrogen) atoms. The number of benzene rings is 1. The Morgan fingerprint density at radius 2 is 1.26 bits per heavy atom.